The van der Waals surface area contributed by atoms with Gasteiger partial charge in [-0.05, 0) is 18.2 Å². The lowest BCUT2D eigenvalue weighted by Crippen LogP contribution is -2.23. The summed E-state index contributed by atoms with van der Waals surface area (Å²) < 4.78 is 4.30. The van der Waals surface area contributed by atoms with Crippen LogP contribution < -0.4 is 5.01 Å². The van der Waals surface area contributed by atoms with Crippen molar-refractivity contribution in [3.8, 4) is 0 Å². The fourth-order valence-corrected chi connectivity index (χ4v) is 2.83. The van der Waals surface area contributed by atoms with E-state index >= 15 is 0 Å². The fraction of sp³-hybridized carbons (Fsp3) is 0.200. The van der Waals surface area contributed by atoms with Crippen molar-refractivity contribution in [3.05, 3.63) is 33.3 Å². The monoisotopic (exact) mass is 316 g/mol. The Morgan fingerprint density at radius 2 is 1.93 bits per heavy atom. The van der Waals surface area contributed by atoms with Gasteiger partial charge in [-0.25, -0.2) is 0 Å². The molecular weight excluding hydrogens is 308 g/mol. The number of fused-ring (bicyclic) bond motifs is 1. The predicted octanol–water partition coefficient (Wildman–Crippen LogP) is 3.36. The van der Waals surface area contributed by atoms with Crippen LogP contribution in [-0.2, 0) is 0 Å². The Kier molecular flexibility index (Phi) is 2.58. The summed E-state index contributed by atoms with van der Waals surface area (Å²) in [5, 5.41) is 3.27. The van der Waals surface area contributed by atoms with Gasteiger partial charge in [0.2, 0.25) is 0 Å². The summed E-state index contributed by atoms with van der Waals surface area (Å²) in [6.07, 6.45) is 2.06. The molecule has 0 radical (unpaired) electrons. The van der Waals surface area contributed by atoms with Crippen LogP contribution in [0.3, 0.4) is 0 Å². The van der Waals surface area contributed by atoms with Crippen LogP contribution in [0.4, 0.5) is 0 Å². The Morgan fingerprint density at radius 1 is 1.21 bits per heavy atom. The van der Waals surface area contributed by atoms with Gasteiger partial charge in [-0.3, -0.25) is 4.68 Å². The quantitative estimate of drug-likeness (QED) is 0.783. The van der Waals surface area contributed by atoms with Crippen LogP contribution in [0.1, 0.15) is 0 Å². The Bertz CT molecular complexity index is 474. The maximum Gasteiger partial charge on any atom is 0.0716 e. The minimum Gasteiger partial charge on any atom is -0.319 e. The molecule has 2 aromatic rings. The molecule has 4 heteroatoms. The average molecular weight is 318 g/mol. The highest BCUT2D eigenvalue weighted by Crippen LogP contribution is 2.29. The molecule has 0 aliphatic heterocycles. The second-order valence-electron chi connectivity index (χ2n) is 3.33. The van der Waals surface area contributed by atoms with Gasteiger partial charge >= 0.3 is 0 Å². The first kappa shape index (κ1) is 10.1. The molecule has 0 aliphatic carbocycles. The lowest BCUT2D eigenvalue weighted by atomic mass is 10.2. The van der Waals surface area contributed by atoms with Gasteiger partial charge in [-0.1, -0.05) is 31.9 Å². The topological polar surface area (TPSA) is 8.17 Å². The van der Waals surface area contributed by atoms with Gasteiger partial charge in [0.25, 0.3) is 0 Å². The predicted molar refractivity (Wildman–Crippen MR) is 67.4 cm³/mol. The summed E-state index contributed by atoms with van der Waals surface area (Å²) in [7, 11) is 4.04. The third kappa shape index (κ3) is 1.57. The number of aromatic nitrogens is 1. The van der Waals surface area contributed by atoms with Gasteiger partial charge in [0.05, 0.1) is 5.52 Å². The van der Waals surface area contributed by atoms with Crippen molar-refractivity contribution in [3.63, 3.8) is 0 Å². The molecule has 1 heterocycles. The maximum atomic E-state index is 3.55. The van der Waals surface area contributed by atoms with E-state index in [1.54, 1.807) is 0 Å². The highest BCUT2D eigenvalue weighted by atomic mass is 79.9. The average Bonchev–Trinajstić information content (AvgIpc) is 2.47. The molecule has 0 aliphatic rings. The SMILES string of the molecule is CN(C)n1ccc2c(Br)cc(Br)cc21. The largest absolute Gasteiger partial charge is 0.319 e. The fourth-order valence-electron chi connectivity index (χ4n) is 1.50. The summed E-state index contributed by atoms with van der Waals surface area (Å²) in [6.45, 7) is 0. The molecule has 0 saturated heterocycles. The van der Waals surface area contributed by atoms with E-state index in [1.807, 2.05) is 19.1 Å². The van der Waals surface area contributed by atoms with Crippen molar-refractivity contribution < 1.29 is 0 Å². The van der Waals surface area contributed by atoms with E-state index in [9.17, 15) is 0 Å². The van der Waals surface area contributed by atoms with E-state index in [-0.39, 0.29) is 0 Å². The zero-order valence-electron chi connectivity index (χ0n) is 7.96. The molecule has 0 unspecified atom stereocenters. The minimum atomic E-state index is 1.08. The molecule has 1 aromatic heterocycles. The molecule has 1 aromatic carbocycles. The van der Waals surface area contributed by atoms with Gasteiger partial charge in [-0.2, -0.15) is 0 Å². The number of hydrogen-bond donors (Lipinski definition) is 0. The number of benzene rings is 1. The smallest absolute Gasteiger partial charge is 0.0716 e. The van der Waals surface area contributed by atoms with Gasteiger partial charge in [0.1, 0.15) is 0 Å². The lowest BCUT2D eigenvalue weighted by molar-refractivity contribution is 0.762. The zero-order valence-corrected chi connectivity index (χ0v) is 11.1. The van der Waals surface area contributed by atoms with Crippen LogP contribution in [0.25, 0.3) is 10.9 Å². The highest BCUT2D eigenvalue weighted by molar-refractivity contribution is 9.11. The molecule has 0 N–H and O–H groups in total. The highest BCUT2D eigenvalue weighted by Gasteiger charge is 2.06. The van der Waals surface area contributed by atoms with Crippen LogP contribution in [0.15, 0.2) is 33.3 Å². The molecule has 2 rings (SSSR count). The van der Waals surface area contributed by atoms with Gasteiger partial charge in [0.15, 0.2) is 0 Å². The molecule has 0 spiro atoms. The third-order valence-electron chi connectivity index (χ3n) is 2.13. The van der Waals surface area contributed by atoms with Crippen molar-refractivity contribution in [2.45, 2.75) is 0 Å². The summed E-state index contributed by atoms with van der Waals surface area (Å²) in [5.74, 6) is 0. The second kappa shape index (κ2) is 3.59. The molecule has 74 valence electrons. The first-order valence-electron chi connectivity index (χ1n) is 4.23. The van der Waals surface area contributed by atoms with Gasteiger partial charge < -0.3 is 5.01 Å². The number of hydrogen-bond acceptors (Lipinski definition) is 1. The summed E-state index contributed by atoms with van der Waals surface area (Å²) >= 11 is 7.04. The van der Waals surface area contributed by atoms with E-state index in [0.29, 0.717) is 0 Å². The Hall–Kier alpha value is -0.480. The van der Waals surface area contributed by atoms with Crippen LogP contribution in [0.5, 0.6) is 0 Å². The van der Waals surface area contributed by atoms with Crippen molar-refractivity contribution in [2.24, 2.45) is 0 Å². The number of rotatable bonds is 1. The van der Waals surface area contributed by atoms with E-state index < -0.39 is 0 Å². The van der Waals surface area contributed by atoms with Crippen molar-refractivity contribution in [2.75, 3.05) is 19.1 Å². The first-order chi connectivity index (χ1) is 6.59. The first-order valence-corrected chi connectivity index (χ1v) is 5.82. The maximum absolute atomic E-state index is 3.55. The lowest BCUT2D eigenvalue weighted by Gasteiger charge is -2.15. The standard InChI is InChI=1S/C10H10Br2N2/c1-13(2)14-4-3-8-9(12)5-7(11)6-10(8)14/h3-6H,1-2H3. The van der Waals surface area contributed by atoms with Crippen molar-refractivity contribution >= 4 is 42.8 Å². The Labute approximate surface area is 99.7 Å². The van der Waals surface area contributed by atoms with E-state index in [1.165, 1.54) is 10.9 Å². The minimum absolute atomic E-state index is 1.08. The molecule has 14 heavy (non-hydrogen) atoms. The third-order valence-corrected chi connectivity index (χ3v) is 3.25. The molecule has 0 fully saturated rings. The van der Waals surface area contributed by atoms with Crippen LogP contribution in [-0.4, -0.2) is 18.8 Å². The Balaban J connectivity index is 2.78. The van der Waals surface area contributed by atoms with Gasteiger partial charge in [0, 0.05) is 34.6 Å². The Morgan fingerprint density at radius 3 is 2.57 bits per heavy atom. The van der Waals surface area contributed by atoms with Crippen molar-refractivity contribution in [1.82, 2.24) is 4.68 Å². The number of halogens is 2. The van der Waals surface area contributed by atoms with Crippen LogP contribution in [0, 0.1) is 0 Å². The van der Waals surface area contributed by atoms with Crippen molar-refractivity contribution in [1.29, 1.82) is 0 Å². The molecular formula is C10H10Br2N2. The molecule has 2 nitrogen and oxygen atoms in total. The molecule has 0 atom stereocenters. The molecule has 0 saturated carbocycles. The zero-order chi connectivity index (χ0) is 10.3. The normalized spacial score (nSPS) is 10.9. The summed E-state index contributed by atoms with van der Waals surface area (Å²) in [6, 6.07) is 6.27. The number of nitrogens with zero attached hydrogens (tertiary/aromatic N) is 2. The van der Waals surface area contributed by atoms with Gasteiger partial charge in [-0.15, -0.1) is 0 Å². The summed E-state index contributed by atoms with van der Waals surface area (Å²) in [5.41, 5.74) is 1.19. The second-order valence-corrected chi connectivity index (χ2v) is 5.10. The van der Waals surface area contributed by atoms with E-state index in [2.05, 4.69) is 60.9 Å². The summed E-state index contributed by atoms with van der Waals surface area (Å²) in [4.78, 5) is 0. The van der Waals surface area contributed by atoms with Crippen LogP contribution >= 0.6 is 31.9 Å². The molecule has 0 bridgehead atoms. The molecule has 0 amide bonds. The van der Waals surface area contributed by atoms with Crippen LogP contribution in [0.2, 0.25) is 0 Å². The van der Waals surface area contributed by atoms with E-state index in [0.717, 1.165) is 8.95 Å². The van der Waals surface area contributed by atoms with E-state index in [4.69, 9.17) is 0 Å².